The smallest absolute Gasteiger partial charge is 0.255 e. The maximum atomic E-state index is 13.7. The Morgan fingerprint density at radius 3 is 2.52 bits per heavy atom. The van der Waals surface area contributed by atoms with Crippen LogP contribution in [0, 0.1) is 19.7 Å². The fraction of sp³-hybridized carbons (Fsp3) is 0.235. The van der Waals surface area contributed by atoms with Crippen molar-refractivity contribution in [1.82, 2.24) is 0 Å². The van der Waals surface area contributed by atoms with E-state index in [1.54, 1.807) is 31.2 Å². The highest BCUT2D eigenvalue weighted by Crippen LogP contribution is 2.21. The summed E-state index contributed by atoms with van der Waals surface area (Å²) < 4.78 is 13.7. The van der Waals surface area contributed by atoms with Gasteiger partial charge in [0.25, 0.3) is 5.91 Å². The largest absolute Gasteiger partial charge is 0.385 e. The van der Waals surface area contributed by atoms with Crippen LogP contribution in [0.15, 0.2) is 36.4 Å². The minimum Gasteiger partial charge on any atom is -0.385 e. The molecule has 0 saturated carbocycles. The number of para-hydroxylation sites is 1. The zero-order chi connectivity index (χ0) is 15.4. The highest BCUT2D eigenvalue weighted by Gasteiger charge is 2.12. The Labute approximate surface area is 124 Å². The minimum absolute atomic E-state index is 0.232. The summed E-state index contributed by atoms with van der Waals surface area (Å²) in [7, 11) is 0. The van der Waals surface area contributed by atoms with E-state index in [9.17, 15) is 9.18 Å². The summed E-state index contributed by atoms with van der Waals surface area (Å²) in [5.41, 5.74) is 3.42. The van der Waals surface area contributed by atoms with Gasteiger partial charge in [0.2, 0.25) is 0 Å². The molecule has 3 nitrogen and oxygen atoms in total. The molecule has 0 atom stereocenters. The third kappa shape index (κ3) is 3.40. The number of nitrogens with one attached hydrogen (secondary N) is 2. The summed E-state index contributed by atoms with van der Waals surface area (Å²) in [6, 6.07) is 10.1. The van der Waals surface area contributed by atoms with Gasteiger partial charge < -0.3 is 10.6 Å². The van der Waals surface area contributed by atoms with Gasteiger partial charge in [-0.3, -0.25) is 4.79 Å². The van der Waals surface area contributed by atoms with Crippen LogP contribution in [0.3, 0.4) is 0 Å². The number of hydrogen-bond acceptors (Lipinski definition) is 2. The highest BCUT2D eigenvalue weighted by atomic mass is 19.1. The maximum Gasteiger partial charge on any atom is 0.255 e. The first-order valence-electron chi connectivity index (χ1n) is 6.94. The van der Waals surface area contributed by atoms with Crippen LogP contribution in [-0.4, -0.2) is 12.5 Å². The molecule has 0 aromatic heterocycles. The zero-order valence-electron chi connectivity index (χ0n) is 12.5. The van der Waals surface area contributed by atoms with Crippen molar-refractivity contribution in [3.8, 4) is 0 Å². The number of halogens is 1. The van der Waals surface area contributed by atoms with Gasteiger partial charge in [-0.15, -0.1) is 0 Å². The normalized spacial score (nSPS) is 10.3. The molecule has 1 amide bonds. The molecule has 0 aliphatic carbocycles. The molecular formula is C17H19FN2O. The van der Waals surface area contributed by atoms with Crippen molar-refractivity contribution in [2.75, 3.05) is 17.2 Å². The molecule has 21 heavy (non-hydrogen) atoms. The maximum absolute atomic E-state index is 13.7. The average molecular weight is 286 g/mol. The molecule has 4 heteroatoms. The summed E-state index contributed by atoms with van der Waals surface area (Å²) in [5, 5.41) is 5.86. The second-order valence-electron chi connectivity index (χ2n) is 4.95. The second kappa shape index (κ2) is 6.39. The number of carbonyl (C=O) groups excluding carboxylic acids is 1. The Kier molecular flexibility index (Phi) is 4.58. The van der Waals surface area contributed by atoms with Gasteiger partial charge in [0.1, 0.15) is 5.82 Å². The van der Waals surface area contributed by atoms with Gasteiger partial charge in [0, 0.05) is 17.8 Å². The Morgan fingerprint density at radius 1 is 1.14 bits per heavy atom. The van der Waals surface area contributed by atoms with Crippen LogP contribution >= 0.6 is 0 Å². The lowest BCUT2D eigenvalue weighted by Gasteiger charge is -2.12. The van der Waals surface area contributed by atoms with E-state index in [0.717, 1.165) is 17.8 Å². The van der Waals surface area contributed by atoms with Crippen molar-refractivity contribution in [3.05, 3.63) is 58.9 Å². The van der Waals surface area contributed by atoms with Crippen molar-refractivity contribution >= 4 is 17.3 Å². The van der Waals surface area contributed by atoms with Gasteiger partial charge in [0.15, 0.2) is 0 Å². The molecule has 0 fully saturated rings. The SMILES string of the molecule is CCNc1ccc(C(=O)Nc2c(C)cccc2F)cc1C. The van der Waals surface area contributed by atoms with E-state index < -0.39 is 5.82 Å². The quantitative estimate of drug-likeness (QED) is 0.887. The summed E-state index contributed by atoms with van der Waals surface area (Å²) >= 11 is 0. The van der Waals surface area contributed by atoms with Crippen LogP contribution in [0.1, 0.15) is 28.4 Å². The van der Waals surface area contributed by atoms with Gasteiger partial charge in [-0.05, 0) is 56.2 Å². The molecule has 2 rings (SSSR count). The van der Waals surface area contributed by atoms with Crippen LogP contribution in [0.2, 0.25) is 0 Å². The van der Waals surface area contributed by atoms with Crippen molar-refractivity contribution in [2.24, 2.45) is 0 Å². The van der Waals surface area contributed by atoms with Crippen LogP contribution in [-0.2, 0) is 0 Å². The fourth-order valence-corrected chi connectivity index (χ4v) is 2.17. The van der Waals surface area contributed by atoms with Crippen molar-refractivity contribution < 1.29 is 9.18 Å². The monoisotopic (exact) mass is 286 g/mol. The number of benzene rings is 2. The summed E-state index contributed by atoms with van der Waals surface area (Å²) in [6.45, 7) is 6.53. The molecule has 2 N–H and O–H groups in total. The Hall–Kier alpha value is -2.36. The summed E-state index contributed by atoms with van der Waals surface area (Å²) in [4.78, 5) is 12.2. The number of rotatable bonds is 4. The number of hydrogen-bond donors (Lipinski definition) is 2. The van der Waals surface area contributed by atoms with Crippen molar-refractivity contribution in [3.63, 3.8) is 0 Å². The molecule has 110 valence electrons. The van der Waals surface area contributed by atoms with Crippen LogP contribution in [0.5, 0.6) is 0 Å². The van der Waals surface area contributed by atoms with E-state index in [0.29, 0.717) is 11.1 Å². The fourth-order valence-electron chi connectivity index (χ4n) is 2.17. The van der Waals surface area contributed by atoms with Gasteiger partial charge in [-0.25, -0.2) is 4.39 Å². The van der Waals surface area contributed by atoms with Crippen molar-refractivity contribution in [1.29, 1.82) is 0 Å². The van der Waals surface area contributed by atoms with Gasteiger partial charge in [0.05, 0.1) is 5.69 Å². The molecule has 0 heterocycles. The average Bonchev–Trinajstić information content (AvgIpc) is 2.45. The van der Waals surface area contributed by atoms with Gasteiger partial charge in [-0.1, -0.05) is 12.1 Å². The zero-order valence-corrected chi connectivity index (χ0v) is 12.5. The van der Waals surface area contributed by atoms with E-state index in [1.165, 1.54) is 6.07 Å². The van der Waals surface area contributed by atoms with E-state index >= 15 is 0 Å². The van der Waals surface area contributed by atoms with Crippen LogP contribution < -0.4 is 10.6 Å². The molecule has 2 aromatic carbocycles. The van der Waals surface area contributed by atoms with Gasteiger partial charge in [-0.2, -0.15) is 0 Å². The number of carbonyl (C=O) groups is 1. The highest BCUT2D eigenvalue weighted by molar-refractivity contribution is 6.05. The third-order valence-corrected chi connectivity index (χ3v) is 3.32. The molecule has 2 aromatic rings. The van der Waals surface area contributed by atoms with E-state index in [-0.39, 0.29) is 11.6 Å². The molecule has 0 radical (unpaired) electrons. The van der Waals surface area contributed by atoms with E-state index in [1.807, 2.05) is 19.9 Å². The molecule has 0 aliphatic heterocycles. The number of aryl methyl sites for hydroxylation is 2. The lowest BCUT2D eigenvalue weighted by atomic mass is 10.1. The molecular weight excluding hydrogens is 267 g/mol. The third-order valence-electron chi connectivity index (χ3n) is 3.32. The van der Waals surface area contributed by atoms with E-state index in [2.05, 4.69) is 10.6 Å². The first kappa shape index (κ1) is 15.0. The van der Waals surface area contributed by atoms with Crippen LogP contribution in [0.4, 0.5) is 15.8 Å². The standard InChI is InChI=1S/C17H19FN2O/c1-4-19-15-9-8-13(10-12(15)3)17(21)20-16-11(2)6-5-7-14(16)18/h5-10,19H,4H2,1-3H3,(H,20,21). The Balaban J connectivity index is 2.23. The molecule has 0 saturated heterocycles. The molecule has 0 bridgehead atoms. The van der Waals surface area contributed by atoms with Gasteiger partial charge >= 0.3 is 0 Å². The predicted octanol–water partition coefficient (Wildman–Crippen LogP) is 4.13. The number of anilines is 2. The summed E-state index contributed by atoms with van der Waals surface area (Å²) in [6.07, 6.45) is 0. The molecule has 0 aliphatic rings. The first-order valence-corrected chi connectivity index (χ1v) is 6.94. The molecule has 0 unspecified atom stereocenters. The minimum atomic E-state index is -0.427. The van der Waals surface area contributed by atoms with E-state index in [4.69, 9.17) is 0 Å². The number of amides is 1. The first-order chi connectivity index (χ1) is 10.0. The Morgan fingerprint density at radius 2 is 1.90 bits per heavy atom. The summed E-state index contributed by atoms with van der Waals surface area (Å²) in [5.74, 6) is -0.737. The predicted molar refractivity (Wildman–Crippen MR) is 84.4 cm³/mol. The van der Waals surface area contributed by atoms with Crippen molar-refractivity contribution in [2.45, 2.75) is 20.8 Å². The lowest BCUT2D eigenvalue weighted by molar-refractivity contribution is 0.102. The van der Waals surface area contributed by atoms with Crippen LogP contribution in [0.25, 0.3) is 0 Å². The lowest BCUT2D eigenvalue weighted by Crippen LogP contribution is -2.14. The molecule has 0 spiro atoms. The second-order valence-corrected chi connectivity index (χ2v) is 4.95. The Bertz CT molecular complexity index is 648. The topological polar surface area (TPSA) is 41.1 Å².